The molecule has 0 aliphatic heterocycles. The largest absolute Gasteiger partial charge is 0.484 e. The molecule has 0 bridgehead atoms. The topological polar surface area (TPSA) is 58.6 Å². The summed E-state index contributed by atoms with van der Waals surface area (Å²) in [6, 6.07) is 15.0. The van der Waals surface area contributed by atoms with Gasteiger partial charge in [0.15, 0.2) is 6.61 Å². The molecule has 0 radical (unpaired) electrons. The number of halogens is 1. The van der Waals surface area contributed by atoms with E-state index in [9.17, 15) is 9.59 Å². The van der Waals surface area contributed by atoms with Gasteiger partial charge in [0, 0.05) is 17.6 Å². The Morgan fingerprint density at radius 2 is 1.86 bits per heavy atom. The molecule has 0 aliphatic carbocycles. The second-order valence-corrected chi connectivity index (χ2v) is 7.70. The number of carbonyl (C=O) groups is 2. The molecule has 0 spiro atoms. The maximum absolute atomic E-state index is 13.0. The summed E-state index contributed by atoms with van der Waals surface area (Å²) in [7, 11) is 0. The summed E-state index contributed by atoms with van der Waals surface area (Å²) in [5.74, 6) is 0.309. The van der Waals surface area contributed by atoms with Crippen LogP contribution >= 0.6 is 15.9 Å². The van der Waals surface area contributed by atoms with Gasteiger partial charge in [0.2, 0.25) is 5.91 Å². The third kappa shape index (κ3) is 6.89. The van der Waals surface area contributed by atoms with Gasteiger partial charge >= 0.3 is 0 Å². The van der Waals surface area contributed by atoms with E-state index in [0.717, 1.165) is 15.6 Å². The van der Waals surface area contributed by atoms with Crippen molar-refractivity contribution in [3.63, 3.8) is 0 Å². The Kier molecular flexibility index (Phi) is 9.19. The molecule has 1 N–H and O–H groups in total. The highest BCUT2D eigenvalue weighted by atomic mass is 79.9. The maximum Gasteiger partial charge on any atom is 0.261 e. The summed E-state index contributed by atoms with van der Waals surface area (Å²) in [6.45, 7) is 6.65. The van der Waals surface area contributed by atoms with Crippen molar-refractivity contribution in [1.82, 2.24) is 10.2 Å². The summed E-state index contributed by atoms with van der Waals surface area (Å²) >= 11 is 3.46. The zero-order valence-corrected chi connectivity index (χ0v) is 18.9. The van der Waals surface area contributed by atoms with E-state index in [1.54, 1.807) is 4.90 Å². The van der Waals surface area contributed by atoms with E-state index in [-0.39, 0.29) is 18.4 Å². The molecule has 0 heterocycles. The van der Waals surface area contributed by atoms with Crippen LogP contribution < -0.4 is 10.1 Å². The van der Waals surface area contributed by atoms with E-state index in [0.29, 0.717) is 31.7 Å². The normalized spacial score (nSPS) is 11.6. The zero-order valence-electron chi connectivity index (χ0n) is 17.3. The van der Waals surface area contributed by atoms with Crippen LogP contribution in [0.3, 0.4) is 0 Å². The van der Waals surface area contributed by atoms with Crippen molar-refractivity contribution in [3.05, 3.63) is 64.1 Å². The molecule has 0 saturated carbocycles. The predicted octanol–water partition coefficient (Wildman–Crippen LogP) is 4.12. The molecule has 0 aromatic heterocycles. The number of benzene rings is 2. The van der Waals surface area contributed by atoms with Gasteiger partial charge in [0.25, 0.3) is 5.91 Å². The Morgan fingerprint density at radius 1 is 1.14 bits per heavy atom. The molecule has 2 aromatic carbocycles. The summed E-state index contributed by atoms with van der Waals surface area (Å²) < 4.78 is 6.72. The monoisotopic (exact) mass is 460 g/mol. The van der Waals surface area contributed by atoms with Gasteiger partial charge in [-0.05, 0) is 56.0 Å². The molecule has 2 aromatic rings. The summed E-state index contributed by atoms with van der Waals surface area (Å²) in [5.41, 5.74) is 2.16. The number of carbonyl (C=O) groups excluding carboxylic acids is 2. The van der Waals surface area contributed by atoms with Gasteiger partial charge in [-0.1, -0.05) is 53.2 Å². The third-order valence-corrected chi connectivity index (χ3v) is 5.60. The highest BCUT2D eigenvalue weighted by Gasteiger charge is 2.28. The van der Waals surface area contributed by atoms with Crippen LogP contribution in [-0.4, -0.2) is 42.5 Å². The van der Waals surface area contributed by atoms with E-state index in [2.05, 4.69) is 21.2 Å². The fourth-order valence-electron chi connectivity index (χ4n) is 3.12. The average molecular weight is 461 g/mol. The molecule has 6 heteroatoms. The van der Waals surface area contributed by atoms with Gasteiger partial charge < -0.3 is 15.0 Å². The minimum atomic E-state index is -0.513. The Hall–Kier alpha value is -2.34. The number of nitrogens with zero attached hydrogens (tertiary/aromatic N) is 1. The molecule has 0 saturated heterocycles. The Balaban J connectivity index is 2.11. The summed E-state index contributed by atoms with van der Waals surface area (Å²) in [5, 5.41) is 2.84. The zero-order chi connectivity index (χ0) is 21.2. The Labute approximate surface area is 181 Å². The number of nitrogens with one attached hydrogen (secondary N) is 1. The lowest BCUT2D eigenvalue weighted by Gasteiger charge is -2.30. The van der Waals surface area contributed by atoms with Crippen LogP contribution in [-0.2, 0) is 16.0 Å². The fourth-order valence-corrected chi connectivity index (χ4v) is 3.37. The van der Waals surface area contributed by atoms with Crippen LogP contribution in [0, 0.1) is 6.92 Å². The number of amides is 2. The first-order valence-corrected chi connectivity index (χ1v) is 10.8. The van der Waals surface area contributed by atoms with Crippen molar-refractivity contribution in [1.29, 1.82) is 0 Å². The SMILES string of the molecule is CCNC(=O)[C@H](CC)N(CCc1ccccc1)C(=O)COc1ccc(Br)c(C)c1. The van der Waals surface area contributed by atoms with Crippen LogP contribution in [0.2, 0.25) is 0 Å². The van der Waals surface area contributed by atoms with E-state index in [1.807, 2.05) is 69.3 Å². The molecular formula is C23H29BrN2O3. The minimum absolute atomic E-state index is 0.105. The molecule has 2 amide bonds. The summed E-state index contributed by atoms with van der Waals surface area (Å²) in [6.07, 6.45) is 1.23. The van der Waals surface area contributed by atoms with Gasteiger partial charge in [-0.15, -0.1) is 0 Å². The molecule has 2 rings (SSSR count). The van der Waals surface area contributed by atoms with Crippen molar-refractivity contribution in [2.24, 2.45) is 0 Å². The Morgan fingerprint density at radius 3 is 2.48 bits per heavy atom. The molecule has 1 atom stereocenters. The van der Waals surface area contributed by atoms with Gasteiger partial charge in [-0.2, -0.15) is 0 Å². The van der Waals surface area contributed by atoms with Crippen molar-refractivity contribution < 1.29 is 14.3 Å². The van der Waals surface area contributed by atoms with Crippen LogP contribution in [0.25, 0.3) is 0 Å². The van der Waals surface area contributed by atoms with Crippen molar-refractivity contribution >= 4 is 27.7 Å². The highest BCUT2D eigenvalue weighted by molar-refractivity contribution is 9.10. The van der Waals surface area contributed by atoms with Crippen molar-refractivity contribution in [3.8, 4) is 5.75 Å². The molecule has 156 valence electrons. The number of rotatable bonds is 10. The van der Waals surface area contributed by atoms with E-state index in [4.69, 9.17) is 4.74 Å². The quantitative estimate of drug-likeness (QED) is 0.579. The highest BCUT2D eigenvalue weighted by Crippen LogP contribution is 2.21. The maximum atomic E-state index is 13.0. The average Bonchev–Trinajstić information content (AvgIpc) is 2.72. The lowest BCUT2D eigenvalue weighted by atomic mass is 10.1. The molecular weight excluding hydrogens is 432 g/mol. The molecule has 29 heavy (non-hydrogen) atoms. The molecule has 0 unspecified atom stereocenters. The number of likely N-dealkylation sites (N-methyl/N-ethyl adjacent to an activating group) is 1. The number of ether oxygens (including phenoxy) is 1. The summed E-state index contributed by atoms with van der Waals surface area (Å²) in [4.78, 5) is 27.2. The van der Waals surface area contributed by atoms with Gasteiger partial charge in [0.05, 0.1) is 0 Å². The van der Waals surface area contributed by atoms with Gasteiger partial charge in [0.1, 0.15) is 11.8 Å². The van der Waals surface area contributed by atoms with E-state index >= 15 is 0 Å². The first-order chi connectivity index (χ1) is 14.0. The standard InChI is InChI=1S/C23H29BrN2O3/c1-4-21(23(28)25-5-2)26(14-13-18-9-7-6-8-10-18)22(27)16-29-19-11-12-20(24)17(3)15-19/h6-12,15,21H,4-5,13-14,16H2,1-3H3,(H,25,28)/t21-/m0/s1. The van der Waals surface area contributed by atoms with Crippen LogP contribution in [0.5, 0.6) is 5.75 Å². The first kappa shape index (κ1) is 22.9. The van der Waals surface area contributed by atoms with Crippen LogP contribution in [0.15, 0.2) is 53.0 Å². The number of hydrogen-bond donors (Lipinski definition) is 1. The number of hydrogen-bond acceptors (Lipinski definition) is 3. The predicted molar refractivity (Wildman–Crippen MR) is 119 cm³/mol. The van der Waals surface area contributed by atoms with E-state index < -0.39 is 6.04 Å². The minimum Gasteiger partial charge on any atom is -0.484 e. The van der Waals surface area contributed by atoms with Gasteiger partial charge in [-0.3, -0.25) is 9.59 Å². The van der Waals surface area contributed by atoms with Gasteiger partial charge in [-0.25, -0.2) is 0 Å². The Bertz CT molecular complexity index is 811. The van der Waals surface area contributed by atoms with Crippen LogP contribution in [0.4, 0.5) is 0 Å². The third-order valence-electron chi connectivity index (χ3n) is 4.71. The second kappa shape index (κ2) is 11.6. The molecule has 5 nitrogen and oxygen atoms in total. The lowest BCUT2D eigenvalue weighted by Crippen LogP contribution is -2.51. The van der Waals surface area contributed by atoms with Crippen molar-refractivity contribution in [2.45, 2.75) is 39.7 Å². The smallest absolute Gasteiger partial charge is 0.261 e. The fraction of sp³-hybridized carbons (Fsp3) is 0.391. The lowest BCUT2D eigenvalue weighted by molar-refractivity contribution is -0.142. The second-order valence-electron chi connectivity index (χ2n) is 6.84. The van der Waals surface area contributed by atoms with Crippen molar-refractivity contribution in [2.75, 3.05) is 19.7 Å². The van der Waals surface area contributed by atoms with Crippen LogP contribution in [0.1, 0.15) is 31.4 Å². The number of aryl methyl sites for hydroxylation is 1. The molecule has 0 aliphatic rings. The first-order valence-electron chi connectivity index (χ1n) is 9.96. The van der Waals surface area contributed by atoms with E-state index in [1.165, 1.54) is 0 Å². The molecule has 0 fully saturated rings.